The van der Waals surface area contributed by atoms with E-state index in [1.54, 1.807) is 24.3 Å². The number of anilines is 1. The molecule has 1 saturated heterocycles. The van der Waals surface area contributed by atoms with E-state index in [0.29, 0.717) is 28.6 Å². The molecule has 1 atom stereocenters. The number of ether oxygens (including phenoxy) is 1. The van der Waals surface area contributed by atoms with E-state index < -0.39 is 23.5 Å². The molecule has 6 nitrogen and oxygen atoms in total. The summed E-state index contributed by atoms with van der Waals surface area (Å²) in [5, 5.41) is 11.7. The fourth-order valence-electron chi connectivity index (χ4n) is 4.68. The van der Waals surface area contributed by atoms with Gasteiger partial charge in [0.05, 0.1) is 28.4 Å². The first-order valence-corrected chi connectivity index (χ1v) is 13.3. The van der Waals surface area contributed by atoms with Crippen LogP contribution in [0.25, 0.3) is 16.0 Å². The molecule has 0 spiro atoms. The Balaban J connectivity index is 1.66. The number of aliphatic hydroxyl groups excluding tert-OH is 1. The lowest BCUT2D eigenvalue weighted by Gasteiger charge is -2.23. The molecular weight excluding hydrogens is 503 g/mol. The Bertz CT molecular complexity index is 1580. The van der Waals surface area contributed by atoms with Gasteiger partial charge in [-0.05, 0) is 67.3 Å². The number of Topliss-reactive ketones (excluding diaryl/α,β-unsaturated/α-hetero) is 1. The number of amides is 1. The molecule has 0 saturated carbocycles. The van der Waals surface area contributed by atoms with Crippen molar-refractivity contribution < 1.29 is 23.8 Å². The molecule has 38 heavy (non-hydrogen) atoms. The van der Waals surface area contributed by atoms with Gasteiger partial charge in [-0.1, -0.05) is 55.0 Å². The summed E-state index contributed by atoms with van der Waals surface area (Å²) in [6, 6.07) is 15.4. The number of carbonyl (C=O) groups is 2. The van der Waals surface area contributed by atoms with Gasteiger partial charge in [0.25, 0.3) is 5.78 Å². The van der Waals surface area contributed by atoms with Crippen molar-refractivity contribution in [2.45, 2.75) is 39.7 Å². The summed E-state index contributed by atoms with van der Waals surface area (Å²) >= 11 is 1.30. The van der Waals surface area contributed by atoms with Crippen LogP contribution in [0.5, 0.6) is 5.75 Å². The van der Waals surface area contributed by atoms with Gasteiger partial charge in [0.15, 0.2) is 5.13 Å². The molecule has 4 aromatic rings. The number of carbonyl (C=O) groups excluding carboxylic acids is 2. The number of aromatic nitrogens is 1. The maximum atomic E-state index is 13.8. The number of fused-ring (bicyclic) bond motifs is 1. The average molecular weight is 531 g/mol. The fraction of sp³-hybridized carbons (Fsp3) is 0.233. The number of benzene rings is 3. The van der Waals surface area contributed by atoms with Crippen LogP contribution in [0.15, 0.2) is 66.2 Å². The molecule has 194 valence electrons. The second-order valence-corrected chi connectivity index (χ2v) is 10.4. The third kappa shape index (κ3) is 4.67. The highest BCUT2D eigenvalue weighted by atomic mass is 32.1. The zero-order chi connectivity index (χ0) is 27.0. The van der Waals surface area contributed by atoms with Crippen molar-refractivity contribution >= 4 is 44.1 Å². The van der Waals surface area contributed by atoms with E-state index in [1.165, 1.54) is 40.5 Å². The maximum absolute atomic E-state index is 13.8. The van der Waals surface area contributed by atoms with Gasteiger partial charge in [0, 0.05) is 5.56 Å². The van der Waals surface area contributed by atoms with Gasteiger partial charge in [-0.25, -0.2) is 9.37 Å². The summed E-state index contributed by atoms with van der Waals surface area (Å²) in [4.78, 5) is 32.9. The normalized spacial score (nSPS) is 16.9. The molecule has 0 aliphatic carbocycles. The van der Waals surface area contributed by atoms with Crippen LogP contribution in [0, 0.1) is 19.7 Å². The number of aliphatic hydroxyl groups is 1. The zero-order valence-electron chi connectivity index (χ0n) is 21.3. The number of thiazole rings is 1. The van der Waals surface area contributed by atoms with Gasteiger partial charge in [-0.3, -0.25) is 14.5 Å². The van der Waals surface area contributed by atoms with Crippen LogP contribution in [-0.4, -0.2) is 28.4 Å². The Hall–Kier alpha value is -4.04. The first-order valence-electron chi connectivity index (χ1n) is 12.5. The van der Waals surface area contributed by atoms with Crippen LogP contribution in [-0.2, 0) is 9.59 Å². The molecule has 1 aliphatic heterocycles. The molecule has 1 N–H and O–H groups in total. The second kappa shape index (κ2) is 10.4. The molecule has 0 bridgehead atoms. The van der Waals surface area contributed by atoms with Crippen LogP contribution in [0.1, 0.15) is 48.1 Å². The van der Waals surface area contributed by atoms with E-state index in [9.17, 15) is 19.1 Å². The van der Waals surface area contributed by atoms with Gasteiger partial charge in [0.2, 0.25) is 0 Å². The highest BCUT2D eigenvalue weighted by Gasteiger charge is 2.48. The molecule has 5 rings (SSSR count). The SMILES string of the molecule is CCCCOc1cccc(/C(O)=C2\C(=O)C(=O)N(c3nc4c(C)cc(C)cc4s3)C2c2ccc(F)cc2)c1. The topological polar surface area (TPSA) is 79.7 Å². The highest BCUT2D eigenvalue weighted by molar-refractivity contribution is 7.22. The van der Waals surface area contributed by atoms with Gasteiger partial charge in [-0.2, -0.15) is 0 Å². The van der Waals surface area contributed by atoms with Gasteiger partial charge in [0.1, 0.15) is 17.3 Å². The molecule has 1 aromatic heterocycles. The lowest BCUT2D eigenvalue weighted by atomic mass is 9.95. The Morgan fingerprint density at radius 3 is 2.61 bits per heavy atom. The molecule has 1 amide bonds. The van der Waals surface area contributed by atoms with Crippen molar-refractivity contribution in [1.29, 1.82) is 0 Å². The van der Waals surface area contributed by atoms with E-state index >= 15 is 0 Å². The Morgan fingerprint density at radius 2 is 1.87 bits per heavy atom. The van der Waals surface area contributed by atoms with E-state index in [0.717, 1.165) is 34.2 Å². The average Bonchev–Trinajstić information content (AvgIpc) is 3.43. The summed E-state index contributed by atoms with van der Waals surface area (Å²) in [6.45, 7) is 6.52. The second-order valence-electron chi connectivity index (χ2n) is 9.38. The van der Waals surface area contributed by atoms with Crippen LogP contribution in [0.2, 0.25) is 0 Å². The smallest absolute Gasteiger partial charge is 0.301 e. The number of halogens is 1. The lowest BCUT2D eigenvalue weighted by molar-refractivity contribution is -0.132. The molecule has 8 heteroatoms. The summed E-state index contributed by atoms with van der Waals surface area (Å²) in [7, 11) is 0. The van der Waals surface area contributed by atoms with Crippen molar-refractivity contribution in [3.8, 4) is 5.75 Å². The van der Waals surface area contributed by atoms with Gasteiger partial charge < -0.3 is 9.84 Å². The monoisotopic (exact) mass is 530 g/mol. The van der Waals surface area contributed by atoms with Crippen LogP contribution in [0.3, 0.4) is 0 Å². The molecular formula is C30H27FN2O4S. The maximum Gasteiger partial charge on any atom is 0.301 e. The minimum atomic E-state index is -0.984. The van der Waals surface area contributed by atoms with Crippen molar-refractivity contribution in [2.75, 3.05) is 11.5 Å². The van der Waals surface area contributed by atoms with Crippen LogP contribution in [0.4, 0.5) is 9.52 Å². The summed E-state index contributed by atoms with van der Waals surface area (Å²) in [5.74, 6) is -1.86. The number of nitrogens with zero attached hydrogens (tertiary/aromatic N) is 2. The molecule has 0 radical (unpaired) electrons. The van der Waals surface area contributed by atoms with Gasteiger partial charge >= 0.3 is 5.91 Å². The number of hydrogen-bond acceptors (Lipinski definition) is 6. The number of hydrogen-bond donors (Lipinski definition) is 1. The molecule has 2 heterocycles. The summed E-state index contributed by atoms with van der Waals surface area (Å²) in [5.41, 5.74) is 3.50. The molecule has 1 unspecified atom stereocenters. The predicted molar refractivity (Wildman–Crippen MR) is 147 cm³/mol. The predicted octanol–water partition coefficient (Wildman–Crippen LogP) is 6.86. The van der Waals surface area contributed by atoms with E-state index in [1.807, 2.05) is 26.0 Å². The van der Waals surface area contributed by atoms with Crippen molar-refractivity contribution in [3.63, 3.8) is 0 Å². The van der Waals surface area contributed by atoms with Crippen LogP contribution >= 0.6 is 11.3 Å². The van der Waals surface area contributed by atoms with E-state index in [2.05, 4.69) is 6.92 Å². The molecule has 1 aliphatic rings. The van der Waals surface area contributed by atoms with Gasteiger partial charge in [-0.15, -0.1) is 0 Å². The van der Waals surface area contributed by atoms with Crippen molar-refractivity contribution in [3.05, 3.63) is 94.3 Å². The van der Waals surface area contributed by atoms with Crippen LogP contribution < -0.4 is 9.64 Å². The fourth-order valence-corrected chi connectivity index (χ4v) is 5.84. The summed E-state index contributed by atoms with van der Waals surface area (Å²) < 4.78 is 20.5. The standard InChI is InChI=1S/C30H27FN2O4S/c1-4-5-13-37-22-8-6-7-20(16-22)27(34)24-26(19-9-11-21(31)12-10-19)33(29(36)28(24)35)30-32-25-18(3)14-17(2)15-23(25)38-30/h6-12,14-16,26,34H,4-5,13H2,1-3H3/b27-24+. The zero-order valence-corrected chi connectivity index (χ0v) is 22.1. The van der Waals surface area contributed by atoms with E-state index in [-0.39, 0.29) is 11.3 Å². The third-order valence-corrected chi connectivity index (χ3v) is 7.53. The first kappa shape index (κ1) is 25.6. The largest absolute Gasteiger partial charge is 0.507 e. The number of unbranched alkanes of at least 4 members (excludes halogenated alkanes) is 1. The van der Waals surface area contributed by atoms with Crippen molar-refractivity contribution in [2.24, 2.45) is 0 Å². The number of ketones is 1. The molecule has 1 fully saturated rings. The third-order valence-electron chi connectivity index (χ3n) is 6.53. The number of aryl methyl sites for hydroxylation is 2. The minimum absolute atomic E-state index is 0.0838. The number of rotatable bonds is 7. The molecule has 3 aromatic carbocycles. The highest BCUT2D eigenvalue weighted by Crippen LogP contribution is 2.45. The Labute approximate surface area is 224 Å². The van der Waals surface area contributed by atoms with Crippen molar-refractivity contribution in [1.82, 2.24) is 4.98 Å². The quantitative estimate of drug-likeness (QED) is 0.122. The Kier molecular flexibility index (Phi) is 6.99. The van der Waals surface area contributed by atoms with E-state index in [4.69, 9.17) is 9.72 Å². The minimum Gasteiger partial charge on any atom is -0.507 e. The Morgan fingerprint density at radius 1 is 1.11 bits per heavy atom. The summed E-state index contributed by atoms with van der Waals surface area (Å²) in [6.07, 6.45) is 1.86. The first-order chi connectivity index (χ1) is 18.3. The lowest BCUT2D eigenvalue weighted by Crippen LogP contribution is -2.29.